The van der Waals surface area contributed by atoms with Crippen molar-refractivity contribution in [3.05, 3.63) is 70.7 Å². The molecule has 2 rings (SSSR count). The topological polar surface area (TPSA) is 29.5 Å². The summed E-state index contributed by atoms with van der Waals surface area (Å²) in [7, 11) is 0.379. The molecule has 2 aromatic rings. The van der Waals surface area contributed by atoms with Crippen LogP contribution in [0.2, 0.25) is 0 Å². The summed E-state index contributed by atoms with van der Waals surface area (Å²) < 4.78 is 21.1. The standard InChI is InChI=1S/C19H22BrNO2S/c1-4-15(2)13-21(14-16-9-11-17(23-3)12-10-16)24(22)19-8-6-5-7-18(19)20/h5-12H,2,4,13-14H2,1,3H3. The van der Waals surface area contributed by atoms with Crippen molar-refractivity contribution in [2.75, 3.05) is 13.7 Å². The van der Waals surface area contributed by atoms with E-state index >= 15 is 0 Å². The lowest BCUT2D eigenvalue weighted by Gasteiger charge is -2.23. The van der Waals surface area contributed by atoms with Gasteiger partial charge >= 0.3 is 0 Å². The zero-order chi connectivity index (χ0) is 17.5. The Hall–Kier alpha value is -1.43. The van der Waals surface area contributed by atoms with Crippen molar-refractivity contribution in [2.24, 2.45) is 0 Å². The van der Waals surface area contributed by atoms with Crippen molar-refractivity contribution in [3.63, 3.8) is 0 Å². The van der Waals surface area contributed by atoms with Gasteiger partial charge in [0.15, 0.2) is 0 Å². The fraction of sp³-hybridized carbons (Fsp3) is 0.263. The van der Waals surface area contributed by atoms with Crippen molar-refractivity contribution in [2.45, 2.75) is 24.8 Å². The molecule has 0 saturated carbocycles. The first-order valence-electron chi connectivity index (χ1n) is 7.76. The minimum absolute atomic E-state index is 0.580. The maximum Gasteiger partial charge on any atom is 0.129 e. The van der Waals surface area contributed by atoms with Gasteiger partial charge in [0, 0.05) is 17.6 Å². The van der Waals surface area contributed by atoms with Gasteiger partial charge in [-0.05, 0) is 52.2 Å². The lowest BCUT2D eigenvalue weighted by Crippen LogP contribution is -2.28. The number of hydrogen-bond acceptors (Lipinski definition) is 2. The van der Waals surface area contributed by atoms with Gasteiger partial charge < -0.3 is 4.74 Å². The predicted octanol–water partition coefficient (Wildman–Crippen LogP) is 4.95. The normalized spacial score (nSPS) is 12.2. The van der Waals surface area contributed by atoms with Crippen LogP contribution >= 0.6 is 15.9 Å². The maximum atomic E-state index is 13.1. The van der Waals surface area contributed by atoms with E-state index in [1.54, 1.807) is 7.11 Å². The van der Waals surface area contributed by atoms with Crippen molar-refractivity contribution in [3.8, 4) is 5.75 Å². The zero-order valence-electron chi connectivity index (χ0n) is 14.0. The first-order chi connectivity index (χ1) is 11.5. The molecule has 0 saturated heterocycles. The molecule has 0 aliphatic carbocycles. The molecule has 0 amide bonds. The molecule has 0 heterocycles. The summed E-state index contributed by atoms with van der Waals surface area (Å²) in [5.74, 6) is 0.815. The zero-order valence-corrected chi connectivity index (χ0v) is 16.4. The molecular formula is C19H22BrNO2S. The SMILES string of the molecule is C=C(CC)CN(Cc1ccc(OC)cc1)S(=O)c1ccccc1Br. The third kappa shape index (κ3) is 5.03. The Morgan fingerprint density at radius 1 is 1.21 bits per heavy atom. The van der Waals surface area contributed by atoms with Gasteiger partial charge in [-0.3, -0.25) is 0 Å². The molecular weight excluding hydrogens is 386 g/mol. The summed E-state index contributed by atoms with van der Waals surface area (Å²) in [5.41, 5.74) is 2.14. The first kappa shape index (κ1) is 18.9. The van der Waals surface area contributed by atoms with Gasteiger partial charge in [0.2, 0.25) is 0 Å². The van der Waals surface area contributed by atoms with Crippen molar-refractivity contribution in [1.29, 1.82) is 0 Å². The van der Waals surface area contributed by atoms with Crippen LogP contribution in [0, 0.1) is 0 Å². The second-order valence-corrected chi connectivity index (χ2v) is 7.74. The predicted molar refractivity (Wildman–Crippen MR) is 103 cm³/mol. The maximum absolute atomic E-state index is 13.1. The summed E-state index contributed by atoms with van der Waals surface area (Å²) in [5, 5.41) is 0. The van der Waals surface area contributed by atoms with E-state index in [2.05, 4.69) is 29.4 Å². The second kappa shape index (κ2) is 9.16. The highest BCUT2D eigenvalue weighted by Gasteiger charge is 2.18. The van der Waals surface area contributed by atoms with Crippen LogP contribution < -0.4 is 4.74 Å². The second-order valence-electron chi connectivity index (χ2n) is 5.43. The van der Waals surface area contributed by atoms with E-state index in [-0.39, 0.29) is 0 Å². The summed E-state index contributed by atoms with van der Waals surface area (Å²) in [6.07, 6.45) is 0.867. The Morgan fingerprint density at radius 3 is 2.46 bits per heavy atom. The minimum Gasteiger partial charge on any atom is -0.497 e. The van der Waals surface area contributed by atoms with Crippen LogP contribution in [0.25, 0.3) is 0 Å². The van der Waals surface area contributed by atoms with Gasteiger partial charge in [-0.2, -0.15) is 0 Å². The first-order valence-corrected chi connectivity index (χ1v) is 9.66. The van der Waals surface area contributed by atoms with Gasteiger partial charge in [0.05, 0.1) is 12.0 Å². The van der Waals surface area contributed by atoms with Gasteiger partial charge in [-0.25, -0.2) is 8.51 Å². The van der Waals surface area contributed by atoms with E-state index in [4.69, 9.17) is 4.74 Å². The van der Waals surface area contributed by atoms with Crippen LogP contribution in [0.15, 0.2) is 70.1 Å². The largest absolute Gasteiger partial charge is 0.497 e. The average Bonchev–Trinajstić information content (AvgIpc) is 2.61. The molecule has 0 aromatic heterocycles. The van der Waals surface area contributed by atoms with E-state index in [0.29, 0.717) is 13.1 Å². The third-order valence-corrected chi connectivity index (χ3v) is 6.09. The lowest BCUT2D eigenvalue weighted by molar-refractivity contribution is 0.414. The number of halogens is 1. The van der Waals surface area contributed by atoms with Crippen molar-refractivity contribution < 1.29 is 8.95 Å². The molecule has 5 heteroatoms. The fourth-order valence-electron chi connectivity index (χ4n) is 2.19. The molecule has 0 radical (unpaired) electrons. The lowest BCUT2D eigenvalue weighted by atomic mass is 10.2. The highest BCUT2D eigenvalue weighted by molar-refractivity contribution is 9.10. The molecule has 1 atom stereocenters. The molecule has 128 valence electrons. The molecule has 0 aliphatic heterocycles. The highest BCUT2D eigenvalue weighted by atomic mass is 79.9. The Labute approximate surface area is 155 Å². The molecule has 24 heavy (non-hydrogen) atoms. The van der Waals surface area contributed by atoms with E-state index in [1.807, 2.05) is 52.8 Å². The van der Waals surface area contributed by atoms with E-state index in [9.17, 15) is 4.21 Å². The van der Waals surface area contributed by atoms with Gasteiger partial charge in [0.25, 0.3) is 0 Å². The fourth-order valence-corrected chi connectivity index (χ4v) is 4.17. The summed E-state index contributed by atoms with van der Waals surface area (Å²) >= 11 is 3.49. The van der Waals surface area contributed by atoms with Crippen molar-refractivity contribution in [1.82, 2.24) is 4.31 Å². The van der Waals surface area contributed by atoms with Crippen LogP contribution in [-0.4, -0.2) is 22.2 Å². The molecule has 0 spiro atoms. The third-order valence-electron chi connectivity index (χ3n) is 3.68. The van der Waals surface area contributed by atoms with E-state index in [1.165, 1.54) is 0 Å². The Bertz CT molecular complexity index is 716. The molecule has 0 fully saturated rings. The Kier molecular flexibility index (Phi) is 7.21. The van der Waals surface area contributed by atoms with Crippen molar-refractivity contribution >= 4 is 26.9 Å². The quantitative estimate of drug-likeness (QED) is 0.579. The minimum atomic E-state index is -1.27. The van der Waals surface area contributed by atoms with Gasteiger partial charge in [-0.15, -0.1) is 0 Å². The molecule has 0 N–H and O–H groups in total. The Balaban J connectivity index is 2.24. The van der Waals surface area contributed by atoms with Crippen LogP contribution in [0.3, 0.4) is 0 Å². The van der Waals surface area contributed by atoms with Gasteiger partial charge in [-0.1, -0.05) is 43.3 Å². The number of benzene rings is 2. The highest BCUT2D eigenvalue weighted by Crippen LogP contribution is 2.24. The summed E-state index contributed by atoms with van der Waals surface area (Å²) in [6, 6.07) is 15.5. The molecule has 0 aliphatic rings. The number of ether oxygens (including phenoxy) is 1. The Morgan fingerprint density at radius 2 is 1.88 bits per heavy atom. The summed E-state index contributed by atoms with van der Waals surface area (Å²) in [6.45, 7) is 7.31. The van der Waals surface area contributed by atoms with Crippen LogP contribution in [0.5, 0.6) is 5.75 Å². The monoisotopic (exact) mass is 407 g/mol. The number of rotatable bonds is 8. The molecule has 3 nitrogen and oxygen atoms in total. The average molecular weight is 408 g/mol. The smallest absolute Gasteiger partial charge is 0.129 e. The molecule has 2 aromatic carbocycles. The molecule has 0 bridgehead atoms. The number of nitrogens with zero attached hydrogens (tertiary/aromatic N) is 1. The molecule has 1 unspecified atom stereocenters. The van der Waals surface area contributed by atoms with Crippen LogP contribution in [-0.2, 0) is 17.5 Å². The van der Waals surface area contributed by atoms with Crippen LogP contribution in [0.4, 0.5) is 0 Å². The number of hydrogen-bond donors (Lipinski definition) is 0. The summed E-state index contributed by atoms with van der Waals surface area (Å²) in [4.78, 5) is 0.773. The van der Waals surface area contributed by atoms with Crippen LogP contribution in [0.1, 0.15) is 18.9 Å². The number of methoxy groups -OCH3 is 1. The van der Waals surface area contributed by atoms with Gasteiger partial charge in [0.1, 0.15) is 16.7 Å². The van der Waals surface area contributed by atoms with E-state index in [0.717, 1.165) is 32.7 Å². The van der Waals surface area contributed by atoms with E-state index < -0.39 is 11.0 Å².